The highest BCUT2D eigenvalue weighted by Crippen LogP contribution is 2.35. The van der Waals surface area contributed by atoms with Crippen LogP contribution in [0.15, 0.2) is 36.4 Å². The first-order valence-corrected chi connectivity index (χ1v) is 8.98. The molecule has 130 valence electrons. The zero-order valence-electron chi connectivity index (χ0n) is 14.1. The third-order valence-electron chi connectivity index (χ3n) is 4.65. The second kappa shape index (κ2) is 7.11. The lowest BCUT2D eigenvalue weighted by Crippen LogP contribution is -2.01. The van der Waals surface area contributed by atoms with Crippen LogP contribution in [-0.2, 0) is 11.2 Å². The maximum atomic E-state index is 11.4. The molecule has 0 aliphatic heterocycles. The van der Waals surface area contributed by atoms with Crippen LogP contribution in [-0.4, -0.2) is 16.1 Å². The molecule has 0 radical (unpaired) electrons. The van der Waals surface area contributed by atoms with Crippen LogP contribution >= 0.6 is 23.2 Å². The third-order valence-corrected chi connectivity index (χ3v) is 5.39. The van der Waals surface area contributed by atoms with Crippen LogP contribution in [0.2, 0.25) is 10.0 Å². The smallest absolute Gasteiger partial charge is 0.307 e. The number of halogens is 2. The van der Waals surface area contributed by atoms with E-state index in [1.807, 2.05) is 12.1 Å². The van der Waals surface area contributed by atoms with E-state index in [4.69, 9.17) is 23.2 Å². The van der Waals surface area contributed by atoms with Crippen LogP contribution in [0.25, 0.3) is 22.2 Å². The van der Waals surface area contributed by atoms with E-state index in [1.54, 1.807) is 12.1 Å². The monoisotopic (exact) mass is 375 g/mol. The summed E-state index contributed by atoms with van der Waals surface area (Å²) >= 11 is 12.2. The van der Waals surface area contributed by atoms with Crippen molar-refractivity contribution in [3.05, 3.63) is 57.6 Å². The predicted molar refractivity (Wildman–Crippen MR) is 104 cm³/mol. The van der Waals surface area contributed by atoms with Crippen LogP contribution in [0.1, 0.15) is 37.3 Å². The highest BCUT2D eigenvalue weighted by atomic mass is 35.5. The fourth-order valence-electron chi connectivity index (χ4n) is 3.04. The molecule has 3 nitrogen and oxygen atoms in total. The SMILES string of the molecule is CCC(C)c1ccc2[nH]c(-c3ccc(Cl)c(Cl)c3)c(CC(=O)O)c2c1. The summed E-state index contributed by atoms with van der Waals surface area (Å²) in [6, 6.07) is 11.5. The van der Waals surface area contributed by atoms with Crippen LogP contribution in [0.3, 0.4) is 0 Å². The van der Waals surface area contributed by atoms with Gasteiger partial charge in [-0.3, -0.25) is 4.79 Å². The minimum atomic E-state index is -0.865. The fraction of sp³-hybridized carbons (Fsp3) is 0.250. The number of hydrogen-bond acceptors (Lipinski definition) is 1. The highest BCUT2D eigenvalue weighted by Gasteiger charge is 2.18. The zero-order chi connectivity index (χ0) is 18.1. The van der Waals surface area contributed by atoms with Gasteiger partial charge < -0.3 is 10.1 Å². The number of H-pyrrole nitrogens is 1. The van der Waals surface area contributed by atoms with Crippen LogP contribution in [0, 0.1) is 0 Å². The van der Waals surface area contributed by atoms with Gasteiger partial charge in [-0.05, 0) is 53.3 Å². The molecule has 5 heteroatoms. The summed E-state index contributed by atoms with van der Waals surface area (Å²) in [4.78, 5) is 14.8. The Labute approximate surface area is 156 Å². The Balaban J connectivity index is 2.23. The number of aromatic nitrogens is 1. The van der Waals surface area contributed by atoms with Crippen molar-refractivity contribution in [2.75, 3.05) is 0 Å². The van der Waals surface area contributed by atoms with Crippen molar-refractivity contribution in [3.63, 3.8) is 0 Å². The molecule has 0 saturated carbocycles. The van der Waals surface area contributed by atoms with Gasteiger partial charge in [0.05, 0.1) is 22.2 Å². The van der Waals surface area contributed by atoms with Crippen LogP contribution in [0.4, 0.5) is 0 Å². The Morgan fingerprint density at radius 1 is 1.16 bits per heavy atom. The second-order valence-electron chi connectivity index (χ2n) is 6.29. The van der Waals surface area contributed by atoms with Gasteiger partial charge in [0, 0.05) is 10.9 Å². The summed E-state index contributed by atoms with van der Waals surface area (Å²) < 4.78 is 0. The fourth-order valence-corrected chi connectivity index (χ4v) is 3.34. The summed E-state index contributed by atoms with van der Waals surface area (Å²) in [6.45, 7) is 4.32. The van der Waals surface area contributed by atoms with E-state index in [0.29, 0.717) is 16.0 Å². The minimum absolute atomic E-state index is 0.0560. The minimum Gasteiger partial charge on any atom is -0.481 e. The van der Waals surface area contributed by atoms with E-state index >= 15 is 0 Å². The molecule has 0 amide bonds. The van der Waals surface area contributed by atoms with E-state index in [1.165, 1.54) is 5.56 Å². The molecular weight excluding hydrogens is 357 g/mol. The van der Waals surface area contributed by atoms with Gasteiger partial charge in [0.25, 0.3) is 0 Å². The first-order valence-electron chi connectivity index (χ1n) is 8.22. The second-order valence-corrected chi connectivity index (χ2v) is 7.11. The number of fused-ring (bicyclic) bond motifs is 1. The molecule has 0 spiro atoms. The van der Waals surface area contributed by atoms with Crippen molar-refractivity contribution in [1.82, 2.24) is 4.98 Å². The average molecular weight is 376 g/mol. The van der Waals surface area contributed by atoms with Gasteiger partial charge in [-0.1, -0.05) is 49.2 Å². The van der Waals surface area contributed by atoms with Crippen molar-refractivity contribution < 1.29 is 9.90 Å². The molecule has 25 heavy (non-hydrogen) atoms. The molecule has 1 aromatic heterocycles. The lowest BCUT2D eigenvalue weighted by molar-refractivity contribution is -0.136. The van der Waals surface area contributed by atoms with Crippen molar-refractivity contribution in [1.29, 1.82) is 0 Å². The number of carboxylic acids is 1. The largest absolute Gasteiger partial charge is 0.481 e. The van der Waals surface area contributed by atoms with Crippen molar-refractivity contribution in [2.24, 2.45) is 0 Å². The molecule has 1 unspecified atom stereocenters. The molecule has 3 rings (SSSR count). The Bertz CT molecular complexity index is 946. The van der Waals surface area contributed by atoms with Gasteiger partial charge >= 0.3 is 5.97 Å². The number of carbonyl (C=O) groups is 1. The number of aromatic amines is 1. The maximum absolute atomic E-state index is 11.4. The molecule has 0 aliphatic rings. The van der Waals surface area contributed by atoms with Gasteiger partial charge in [0.15, 0.2) is 0 Å². The van der Waals surface area contributed by atoms with E-state index < -0.39 is 5.97 Å². The number of carboxylic acid groups (broad SMARTS) is 1. The van der Waals surface area contributed by atoms with Gasteiger partial charge in [-0.2, -0.15) is 0 Å². The van der Waals surface area contributed by atoms with Crippen molar-refractivity contribution in [2.45, 2.75) is 32.6 Å². The summed E-state index contributed by atoms with van der Waals surface area (Å²) in [5, 5.41) is 11.2. The zero-order valence-corrected chi connectivity index (χ0v) is 15.6. The van der Waals surface area contributed by atoms with Gasteiger partial charge in [-0.15, -0.1) is 0 Å². The number of nitrogens with one attached hydrogen (secondary N) is 1. The predicted octanol–water partition coefficient (Wildman–Crippen LogP) is 6.28. The van der Waals surface area contributed by atoms with E-state index in [-0.39, 0.29) is 6.42 Å². The lowest BCUT2D eigenvalue weighted by atomic mass is 9.95. The molecule has 2 N–H and O–H groups in total. The van der Waals surface area contributed by atoms with E-state index in [0.717, 1.165) is 34.1 Å². The number of benzene rings is 2. The van der Waals surface area contributed by atoms with Gasteiger partial charge in [-0.25, -0.2) is 0 Å². The molecular formula is C20H19Cl2NO2. The molecule has 0 bridgehead atoms. The summed E-state index contributed by atoms with van der Waals surface area (Å²) in [5.74, 6) is -0.443. The Morgan fingerprint density at radius 2 is 1.92 bits per heavy atom. The molecule has 3 aromatic rings. The quantitative estimate of drug-likeness (QED) is 0.550. The highest BCUT2D eigenvalue weighted by molar-refractivity contribution is 6.42. The first kappa shape index (κ1) is 17.8. The van der Waals surface area contributed by atoms with E-state index in [9.17, 15) is 9.90 Å². The van der Waals surface area contributed by atoms with Gasteiger partial charge in [0.2, 0.25) is 0 Å². The summed E-state index contributed by atoms with van der Waals surface area (Å²) in [6.07, 6.45) is 0.976. The molecule has 1 atom stereocenters. The Kier molecular flexibility index (Phi) is 5.07. The maximum Gasteiger partial charge on any atom is 0.307 e. The normalized spacial score (nSPS) is 12.5. The summed E-state index contributed by atoms with van der Waals surface area (Å²) in [5.41, 5.74) is 4.50. The summed E-state index contributed by atoms with van der Waals surface area (Å²) in [7, 11) is 0. The lowest BCUT2D eigenvalue weighted by Gasteiger charge is -2.09. The first-order chi connectivity index (χ1) is 11.9. The molecule has 0 aliphatic carbocycles. The third kappa shape index (κ3) is 3.53. The topological polar surface area (TPSA) is 53.1 Å². The number of rotatable bonds is 5. The van der Waals surface area contributed by atoms with Crippen molar-refractivity contribution in [3.8, 4) is 11.3 Å². The molecule has 0 fully saturated rings. The standard InChI is InChI=1S/C20H19Cl2NO2/c1-3-11(2)12-5-7-18-14(8-12)15(10-19(24)25)20(23-18)13-4-6-16(21)17(22)9-13/h4-9,11,23H,3,10H2,1-2H3,(H,24,25). The number of hydrogen-bond donors (Lipinski definition) is 2. The van der Waals surface area contributed by atoms with E-state index in [2.05, 4.69) is 31.0 Å². The number of aliphatic carboxylic acids is 1. The van der Waals surface area contributed by atoms with Gasteiger partial charge in [0.1, 0.15) is 0 Å². The van der Waals surface area contributed by atoms with Crippen molar-refractivity contribution >= 4 is 40.1 Å². The molecule has 2 aromatic carbocycles. The Hall–Kier alpha value is -1.97. The van der Waals surface area contributed by atoms with Crippen LogP contribution in [0.5, 0.6) is 0 Å². The Morgan fingerprint density at radius 3 is 2.56 bits per heavy atom. The van der Waals surface area contributed by atoms with Crippen LogP contribution < -0.4 is 0 Å². The molecule has 0 saturated heterocycles. The average Bonchev–Trinajstić information content (AvgIpc) is 2.94. The molecule has 1 heterocycles.